The Morgan fingerprint density at radius 1 is 1.50 bits per heavy atom. The van der Waals surface area contributed by atoms with E-state index >= 15 is 0 Å². The molecule has 0 bridgehead atoms. The number of nitrogens with one attached hydrogen (secondary N) is 1. The van der Waals surface area contributed by atoms with Gasteiger partial charge in [-0.25, -0.2) is 9.67 Å². The van der Waals surface area contributed by atoms with E-state index in [2.05, 4.69) is 30.1 Å². The molecule has 3 N–H and O–H groups in total. The van der Waals surface area contributed by atoms with Crippen LogP contribution in [0.2, 0.25) is 0 Å². The Morgan fingerprint density at radius 2 is 2.30 bits per heavy atom. The lowest BCUT2D eigenvalue weighted by Gasteiger charge is -1.96. The molecule has 104 valence electrons. The highest BCUT2D eigenvalue weighted by Gasteiger charge is 2.14. The summed E-state index contributed by atoms with van der Waals surface area (Å²) >= 11 is 1.49. The van der Waals surface area contributed by atoms with Crippen LogP contribution in [0.4, 0.5) is 5.13 Å². The summed E-state index contributed by atoms with van der Waals surface area (Å²) in [4.78, 5) is 19.1. The first-order valence-corrected chi connectivity index (χ1v) is 6.52. The summed E-state index contributed by atoms with van der Waals surface area (Å²) in [5.41, 5.74) is 6.78. The van der Waals surface area contributed by atoms with Crippen LogP contribution in [0.3, 0.4) is 0 Å². The van der Waals surface area contributed by atoms with Gasteiger partial charge in [0.15, 0.2) is 16.6 Å². The van der Waals surface area contributed by atoms with Crippen molar-refractivity contribution in [1.29, 1.82) is 0 Å². The molecule has 1 amide bonds. The molecule has 0 fully saturated rings. The number of rotatable bonds is 4. The quantitative estimate of drug-likeness (QED) is 0.714. The van der Waals surface area contributed by atoms with Crippen molar-refractivity contribution in [3.8, 4) is 0 Å². The number of hydrogen-bond donors (Lipinski definition) is 2. The summed E-state index contributed by atoms with van der Waals surface area (Å²) in [5, 5.41) is 11.7. The molecule has 0 aliphatic carbocycles. The maximum atomic E-state index is 10.8. The predicted octanol–water partition coefficient (Wildman–Crippen LogP) is 0.432. The largest absolute Gasteiger partial charge is 0.361 e. The number of primary amides is 1. The number of fused-ring (bicyclic) bond motifs is 1. The normalized spacial score (nSPS) is 11.1. The summed E-state index contributed by atoms with van der Waals surface area (Å²) in [6, 6.07) is 0. The number of thiazole rings is 1. The highest BCUT2D eigenvalue weighted by atomic mass is 32.1. The summed E-state index contributed by atoms with van der Waals surface area (Å²) in [5.74, 6) is -0.607. The molecule has 0 aliphatic rings. The molecule has 0 radical (unpaired) electrons. The van der Waals surface area contributed by atoms with E-state index in [4.69, 9.17) is 5.73 Å². The fourth-order valence-corrected chi connectivity index (χ4v) is 2.67. The Hall–Kier alpha value is -2.49. The van der Waals surface area contributed by atoms with Crippen molar-refractivity contribution in [3.05, 3.63) is 17.4 Å². The Morgan fingerprint density at radius 3 is 2.95 bits per heavy atom. The molecular weight excluding hydrogens is 282 g/mol. The van der Waals surface area contributed by atoms with Gasteiger partial charge < -0.3 is 15.6 Å². The molecule has 3 aromatic heterocycles. The molecule has 0 spiro atoms. The molecule has 0 saturated carbocycles. The van der Waals surface area contributed by atoms with Gasteiger partial charge in [-0.15, -0.1) is 0 Å². The molecule has 3 rings (SSSR count). The third-order valence-corrected chi connectivity index (χ3v) is 3.73. The Balaban J connectivity index is 1.76. The average Bonchev–Trinajstić information content (AvgIpc) is 3.07. The number of nitrogens with two attached hydrogens (primary N) is 1. The number of aromatic nitrogens is 5. The van der Waals surface area contributed by atoms with Crippen molar-refractivity contribution in [1.82, 2.24) is 24.9 Å². The van der Waals surface area contributed by atoms with Gasteiger partial charge in [0.1, 0.15) is 0 Å². The van der Waals surface area contributed by atoms with E-state index in [9.17, 15) is 4.79 Å². The van der Waals surface area contributed by atoms with Gasteiger partial charge in [-0.3, -0.25) is 4.79 Å². The highest BCUT2D eigenvalue weighted by molar-refractivity contribution is 7.22. The van der Waals surface area contributed by atoms with Crippen molar-refractivity contribution < 1.29 is 9.32 Å². The molecule has 20 heavy (non-hydrogen) atoms. The molecule has 0 unspecified atom stereocenters. The van der Waals surface area contributed by atoms with Gasteiger partial charge in [0.05, 0.1) is 16.9 Å². The van der Waals surface area contributed by atoms with Crippen LogP contribution in [0.5, 0.6) is 0 Å². The third kappa shape index (κ3) is 2.09. The van der Waals surface area contributed by atoms with E-state index < -0.39 is 5.91 Å². The minimum atomic E-state index is -0.745. The fourth-order valence-electron chi connectivity index (χ4n) is 1.74. The third-order valence-electron chi connectivity index (χ3n) is 2.62. The SMILES string of the molecule is Cc1nn(C)c2nc(NCc3noc(C(N)=O)n3)sc12. The van der Waals surface area contributed by atoms with Crippen LogP contribution in [-0.4, -0.2) is 30.8 Å². The molecule has 0 atom stereocenters. The fraction of sp³-hybridized carbons (Fsp3) is 0.300. The lowest BCUT2D eigenvalue weighted by molar-refractivity contribution is 0.0958. The Bertz CT molecular complexity index is 752. The first kappa shape index (κ1) is 12.5. The highest BCUT2D eigenvalue weighted by Crippen LogP contribution is 2.28. The van der Waals surface area contributed by atoms with Gasteiger partial charge in [0.2, 0.25) is 0 Å². The summed E-state index contributed by atoms with van der Waals surface area (Å²) in [6.45, 7) is 2.23. The second-order valence-electron chi connectivity index (χ2n) is 4.11. The molecule has 10 heteroatoms. The van der Waals surface area contributed by atoms with Crippen molar-refractivity contribution >= 4 is 32.7 Å². The van der Waals surface area contributed by atoms with Gasteiger partial charge in [0, 0.05) is 7.05 Å². The zero-order valence-corrected chi connectivity index (χ0v) is 11.6. The van der Waals surface area contributed by atoms with E-state index in [0.29, 0.717) is 12.4 Å². The average molecular weight is 293 g/mol. The van der Waals surface area contributed by atoms with E-state index in [1.165, 1.54) is 11.3 Å². The van der Waals surface area contributed by atoms with Gasteiger partial charge in [-0.2, -0.15) is 10.1 Å². The van der Waals surface area contributed by atoms with Crippen LogP contribution < -0.4 is 11.1 Å². The predicted molar refractivity (Wildman–Crippen MR) is 71.3 cm³/mol. The van der Waals surface area contributed by atoms with E-state index in [0.717, 1.165) is 21.2 Å². The van der Waals surface area contributed by atoms with Gasteiger partial charge in [0.25, 0.3) is 0 Å². The number of anilines is 1. The number of hydrogen-bond acceptors (Lipinski definition) is 8. The lowest BCUT2D eigenvalue weighted by Crippen LogP contribution is -2.11. The molecule has 0 aliphatic heterocycles. The van der Waals surface area contributed by atoms with Crippen LogP contribution in [-0.2, 0) is 13.6 Å². The standard InChI is InChI=1S/C10H11N7O2S/c1-4-6-8(17(2)15-4)14-10(20-6)12-3-5-13-9(7(11)18)19-16-5/h3H2,1-2H3,(H2,11,18)(H,12,14). The molecule has 0 aromatic carbocycles. The molecule has 3 aromatic rings. The molecule has 9 nitrogen and oxygen atoms in total. The van der Waals surface area contributed by atoms with Gasteiger partial charge in [-0.05, 0) is 6.92 Å². The van der Waals surface area contributed by atoms with Crippen LogP contribution in [0.15, 0.2) is 4.52 Å². The Labute approximate surface area is 116 Å². The smallest absolute Gasteiger partial charge is 0.315 e. The number of carbonyl (C=O) groups excluding carboxylic acids is 1. The van der Waals surface area contributed by atoms with Crippen LogP contribution in [0.25, 0.3) is 10.3 Å². The van der Waals surface area contributed by atoms with E-state index in [-0.39, 0.29) is 5.89 Å². The summed E-state index contributed by atoms with van der Waals surface area (Å²) in [7, 11) is 1.84. The second-order valence-corrected chi connectivity index (χ2v) is 5.11. The first-order valence-electron chi connectivity index (χ1n) is 5.71. The molecule has 3 heterocycles. The molecule has 0 saturated heterocycles. The van der Waals surface area contributed by atoms with Gasteiger partial charge >= 0.3 is 11.8 Å². The minimum Gasteiger partial charge on any atom is -0.361 e. The van der Waals surface area contributed by atoms with Crippen molar-refractivity contribution in [2.45, 2.75) is 13.5 Å². The van der Waals surface area contributed by atoms with Crippen molar-refractivity contribution in [2.24, 2.45) is 12.8 Å². The lowest BCUT2D eigenvalue weighted by atomic mass is 10.5. The van der Waals surface area contributed by atoms with Crippen LogP contribution in [0.1, 0.15) is 22.2 Å². The second kappa shape index (κ2) is 4.56. The van der Waals surface area contributed by atoms with Crippen molar-refractivity contribution in [2.75, 3.05) is 5.32 Å². The first-order chi connectivity index (χ1) is 9.54. The number of carbonyl (C=O) groups is 1. The maximum absolute atomic E-state index is 10.8. The van der Waals surface area contributed by atoms with Gasteiger partial charge in [-0.1, -0.05) is 16.5 Å². The minimum absolute atomic E-state index is 0.203. The Kier molecular flexibility index (Phi) is 2.86. The van der Waals surface area contributed by atoms with Crippen LogP contribution >= 0.6 is 11.3 Å². The van der Waals surface area contributed by atoms with Crippen LogP contribution in [0, 0.1) is 6.92 Å². The number of nitrogens with zero attached hydrogens (tertiary/aromatic N) is 5. The number of aryl methyl sites for hydroxylation is 2. The van der Waals surface area contributed by atoms with E-state index in [1.807, 2.05) is 14.0 Å². The monoisotopic (exact) mass is 293 g/mol. The number of amides is 1. The zero-order valence-electron chi connectivity index (χ0n) is 10.7. The topological polar surface area (TPSA) is 125 Å². The maximum Gasteiger partial charge on any atom is 0.315 e. The molecular formula is C10H11N7O2S. The zero-order chi connectivity index (χ0) is 14.3. The van der Waals surface area contributed by atoms with Crippen molar-refractivity contribution in [3.63, 3.8) is 0 Å². The summed E-state index contributed by atoms with van der Waals surface area (Å²) < 4.78 is 7.45. The van der Waals surface area contributed by atoms with E-state index in [1.54, 1.807) is 4.68 Å². The summed E-state index contributed by atoms with van der Waals surface area (Å²) in [6.07, 6.45) is 0.